The van der Waals surface area contributed by atoms with Crippen LogP contribution in [0.25, 0.3) is 0 Å². The highest BCUT2D eigenvalue weighted by atomic mass is 35.5. The number of amides is 3. The van der Waals surface area contributed by atoms with E-state index in [2.05, 4.69) is 19.2 Å². The summed E-state index contributed by atoms with van der Waals surface area (Å²) in [6.07, 6.45) is 3.73. The number of hydrogen-bond donors (Lipinski definition) is 3. The van der Waals surface area contributed by atoms with E-state index in [9.17, 15) is 14.4 Å². The van der Waals surface area contributed by atoms with Gasteiger partial charge in [0.2, 0.25) is 5.91 Å². The molecule has 42 heavy (non-hydrogen) atoms. The number of methoxy groups -OCH3 is 1. The van der Waals surface area contributed by atoms with Gasteiger partial charge in [0.15, 0.2) is 5.96 Å². The first-order valence-corrected chi connectivity index (χ1v) is 15.1. The first-order valence-electron chi connectivity index (χ1n) is 14.7. The normalized spacial score (nSPS) is 19.9. The minimum atomic E-state index is -0.999. The number of carbonyl (C=O) groups excluding carboxylic acids is 3. The Bertz CT molecular complexity index is 1280. The zero-order chi connectivity index (χ0) is 30.4. The van der Waals surface area contributed by atoms with Crippen molar-refractivity contribution in [2.75, 3.05) is 13.7 Å². The number of hydrogen-bond acceptors (Lipinski definition) is 6. The van der Waals surface area contributed by atoms with Gasteiger partial charge in [-0.3, -0.25) is 19.9 Å². The summed E-state index contributed by atoms with van der Waals surface area (Å²) in [7, 11) is 1.26. The molecule has 9 nitrogen and oxygen atoms in total. The van der Waals surface area contributed by atoms with Crippen LogP contribution in [0, 0.1) is 17.2 Å². The van der Waals surface area contributed by atoms with E-state index < -0.39 is 29.6 Å². The molecule has 0 bridgehead atoms. The maximum Gasteiger partial charge on any atom is 0.416 e. The summed E-state index contributed by atoms with van der Waals surface area (Å²) in [4.78, 5) is 43.1. The molecule has 0 spiro atoms. The van der Waals surface area contributed by atoms with Crippen LogP contribution in [0.1, 0.15) is 63.5 Å². The Morgan fingerprint density at radius 1 is 1.19 bits per heavy atom. The molecule has 3 amide bonds. The standard InChI is InChI=1S/C32H42ClN5O4/c1-21(2)20-32(24-10-5-4-6-11-24)29(40)37(30(35)36-32)16-8-13-26(18-22-14-15-22)38(31(41)42-3)28(39)27(34)19-23-9-7-12-25(33)17-23/h4-7,9-12,17,21-22,26-27H,8,13-16,18-20,34H2,1-3H3,(H2,35,36)/t26?,27-,32+/m0/s1. The summed E-state index contributed by atoms with van der Waals surface area (Å²) < 4.78 is 5.04. The molecular formula is C32H42ClN5O4. The van der Waals surface area contributed by atoms with Crippen molar-refractivity contribution >= 4 is 35.5 Å². The summed E-state index contributed by atoms with van der Waals surface area (Å²) >= 11 is 6.11. The minimum absolute atomic E-state index is 0.0627. The van der Waals surface area contributed by atoms with Crippen LogP contribution in [0.2, 0.25) is 5.02 Å². The quantitative estimate of drug-likeness (QED) is 0.297. The van der Waals surface area contributed by atoms with Crippen LogP contribution in [0.15, 0.2) is 54.6 Å². The average Bonchev–Trinajstić information content (AvgIpc) is 3.74. The molecule has 4 rings (SSSR count). The summed E-state index contributed by atoms with van der Waals surface area (Å²) in [5.74, 6) is 0.0415. The van der Waals surface area contributed by atoms with Crippen molar-refractivity contribution in [3.8, 4) is 0 Å². The van der Waals surface area contributed by atoms with E-state index in [1.807, 2.05) is 36.4 Å². The second-order valence-electron chi connectivity index (χ2n) is 11.9. The number of nitrogens with two attached hydrogens (primary N) is 1. The summed E-state index contributed by atoms with van der Waals surface area (Å²) in [5, 5.41) is 12.4. The van der Waals surface area contributed by atoms with Crippen molar-refractivity contribution in [3.05, 3.63) is 70.7 Å². The molecule has 4 N–H and O–H groups in total. The predicted octanol–water partition coefficient (Wildman–Crippen LogP) is 5.06. The molecule has 0 radical (unpaired) electrons. The number of imide groups is 1. The third kappa shape index (κ3) is 7.31. The first kappa shape index (κ1) is 31.5. The highest BCUT2D eigenvalue weighted by Gasteiger charge is 2.50. The van der Waals surface area contributed by atoms with Crippen molar-refractivity contribution in [3.63, 3.8) is 0 Å². The fourth-order valence-electron chi connectivity index (χ4n) is 5.93. The van der Waals surface area contributed by atoms with Gasteiger partial charge in [-0.1, -0.05) is 80.8 Å². The SMILES string of the molecule is COC(=O)N(C(=O)[C@@H](N)Cc1cccc(Cl)c1)C(CCCN1C(=N)N[C@](CC(C)C)(c2ccccc2)C1=O)CC1CC1. The second-order valence-corrected chi connectivity index (χ2v) is 12.3. The predicted molar refractivity (Wildman–Crippen MR) is 163 cm³/mol. The molecule has 1 unspecified atom stereocenters. The molecule has 0 aromatic heterocycles. The maximum absolute atomic E-state index is 13.9. The van der Waals surface area contributed by atoms with E-state index in [1.165, 1.54) is 16.9 Å². The molecule has 1 heterocycles. The van der Waals surface area contributed by atoms with Crippen LogP contribution < -0.4 is 11.1 Å². The topological polar surface area (TPSA) is 129 Å². The smallest absolute Gasteiger partial charge is 0.416 e. The van der Waals surface area contributed by atoms with Gasteiger partial charge in [0.1, 0.15) is 5.54 Å². The van der Waals surface area contributed by atoms with E-state index in [4.69, 9.17) is 27.5 Å². The highest BCUT2D eigenvalue weighted by Crippen LogP contribution is 2.37. The molecule has 1 aliphatic heterocycles. The van der Waals surface area contributed by atoms with Crippen molar-refractivity contribution in [1.82, 2.24) is 15.1 Å². The number of nitrogens with zero attached hydrogens (tertiary/aromatic N) is 2. The molecule has 2 aromatic carbocycles. The zero-order valence-corrected chi connectivity index (χ0v) is 25.4. The lowest BCUT2D eigenvalue weighted by Gasteiger charge is -2.32. The lowest BCUT2D eigenvalue weighted by atomic mass is 9.82. The largest absolute Gasteiger partial charge is 0.452 e. The van der Waals surface area contributed by atoms with E-state index in [0.717, 1.165) is 24.0 Å². The Kier molecular flexibility index (Phi) is 10.3. The van der Waals surface area contributed by atoms with Gasteiger partial charge in [0.25, 0.3) is 5.91 Å². The molecule has 3 atom stereocenters. The number of carbonyl (C=O) groups is 3. The maximum atomic E-state index is 13.9. The number of benzene rings is 2. The van der Waals surface area contributed by atoms with Gasteiger partial charge in [0, 0.05) is 17.6 Å². The van der Waals surface area contributed by atoms with Gasteiger partial charge in [-0.25, -0.2) is 9.69 Å². The van der Waals surface area contributed by atoms with Gasteiger partial charge < -0.3 is 15.8 Å². The minimum Gasteiger partial charge on any atom is -0.452 e. The number of ether oxygens (including phenoxy) is 1. The Hall–Kier alpha value is -3.43. The molecule has 1 saturated carbocycles. The molecule has 2 aliphatic rings. The molecule has 1 saturated heterocycles. The Labute approximate surface area is 253 Å². The fraction of sp³-hybridized carbons (Fsp3) is 0.500. The molecular weight excluding hydrogens is 554 g/mol. The first-order chi connectivity index (χ1) is 20.1. The molecule has 2 fully saturated rings. The summed E-state index contributed by atoms with van der Waals surface area (Å²) in [6.45, 7) is 4.41. The van der Waals surface area contributed by atoms with Crippen LogP contribution in [0.4, 0.5) is 4.79 Å². The Morgan fingerprint density at radius 2 is 1.90 bits per heavy atom. The van der Waals surface area contributed by atoms with Crippen molar-refractivity contribution < 1.29 is 19.1 Å². The van der Waals surface area contributed by atoms with Crippen LogP contribution in [-0.4, -0.2) is 59.4 Å². The number of rotatable bonds is 13. The number of guanidine groups is 1. The van der Waals surface area contributed by atoms with Crippen molar-refractivity contribution in [2.24, 2.45) is 17.6 Å². The van der Waals surface area contributed by atoms with Crippen LogP contribution in [-0.2, 0) is 26.3 Å². The molecule has 10 heteroatoms. The zero-order valence-electron chi connectivity index (χ0n) is 24.6. The monoisotopic (exact) mass is 595 g/mol. The van der Waals surface area contributed by atoms with Gasteiger partial charge in [-0.2, -0.15) is 0 Å². The number of nitrogens with one attached hydrogen (secondary N) is 2. The van der Waals surface area contributed by atoms with Gasteiger partial charge in [-0.05, 0) is 67.2 Å². The van der Waals surface area contributed by atoms with Crippen LogP contribution >= 0.6 is 11.6 Å². The van der Waals surface area contributed by atoms with Crippen molar-refractivity contribution in [1.29, 1.82) is 5.41 Å². The van der Waals surface area contributed by atoms with Gasteiger partial charge >= 0.3 is 6.09 Å². The lowest BCUT2D eigenvalue weighted by Crippen LogP contribution is -2.52. The van der Waals surface area contributed by atoms with Crippen molar-refractivity contribution in [2.45, 2.75) is 76.4 Å². The van der Waals surface area contributed by atoms with E-state index in [0.29, 0.717) is 36.6 Å². The third-order valence-corrected chi connectivity index (χ3v) is 8.29. The van der Waals surface area contributed by atoms with Crippen LogP contribution in [0.5, 0.6) is 0 Å². The molecule has 1 aliphatic carbocycles. The van der Waals surface area contributed by atoms with E-state index in [1.54, 1.807) is 18.2 Å². The van der Waals surface area contributed by atoms with Gasteiger partial charge in [-0.15, -0.1) is 0 Å². The second kappa shape index (κ2) is 13.7. The lowest BCUT2D eigenvalue weighted by molar-refractivity contribution is -0.134. The third-order valence-electron chi connectivity index (χ3n) is 8.05. The van der Waals surface area contributed by atoms with E-state index >= 15 is 0 Å². The highest BCUT2D eigenvalue weighted by molar-refractivity contribution is 6.30. The Morgan fingerprint density at radius 3 is 2.52 bits per heavy atom. The fourth-order valence-corrected chi connectivity index (χ4v) is 6.14. The van der Waals surface area contributed by atoms with Gasteiger partial charge in [0.05, 0.1) is 13.2 Å². The summed E-state index contributed by atoms with van der Waals surface area (Å²) in [5.41, 5.74) is 6.97. The summed E-state index contributed by atoms with van der Waals surface area (Å²) in [6, 6.07) is 15.3. The molecule has 226 valence electrons. The van der Waals surface area contributed by atoms with Crippen LogP contribution in [0.3, 0.4) is 0 Å². The van der Waals surface area contributed by atoms with E-state index in [-0.39, 0.29) is 30.8 Å². The number of halogens is 1. The molecule has 2 aromatic rings. The Balaban J connectivity index is 1.48. The average molecular weight is 596 g/mol.